The van der Waals surface area contributed by atoms with Crippen molar-refractivity contribution in [1.82, 2.24) is 14.0 Å². The van der Waals surface area contributed by atoms with Crippen LogP contribution in [-0.4, -0.2) is 33.6 Å². The number of methoxy groups -OCH3 is 1. The van der Waals surface area contributed by atoms with E-state index in [1.165, 1.54) is 16.5 Å². The molecule has 0 unspecified atom stereocenters. The Bertz CT molecular complexity index is 1630. The molecule has 0 radical (unpaired) electrons. The zero-order valence-electron chi connectivity index (χ0n) is 19.2. The number of amides is 1. The Morgan fingerprint density at radius 2 is 2.03 bits per heavy atom. The first-order chi connectivity index (χ1) is 16.9. The van der Waals surface area contributed by atoms with Crippen LogP contribution in [0.1, 0.15) is 23.1 Å². The smallest absolute Gasteiger partial charge is 0.271 e. The van der Waals surface area contributed by atoms with Gasteiger partial charge < -0.3 is 9.30 Å². The van der Waals surface area contributed by atoms with Crippen LogP contribution in [0, 0.1) is 18.3 Å². The van der Waals surface area contributed by atoms with Crippen molar-refractivity contribution in [2.75, 3.05) is 13.7 Å². The summed E-state index contributed by atoms with van der Waals surface area (Å²) >= 11 is 5.91. The van der Waals surface area contributed by atoms with E-state index in [0.717, 1.165) is 11.1 Å². The SMILES string of the molecule is COCCCn1c(=NC(=O)/C=C\c2ccc(Cl)cc2)c(C#N)cc2c(=O)n3cccc(C)c3nc21. The lowest BCUT2D eigenvalue weighted by Gasteiger charge is -2.14. The van der Waals surface area contributed by atoms with E-state index in [4.69, 9.17) is 21.3 Å². The van der Waals surface area contributed by atoms with Gasteiger partial charge in [-0.2, -0.15) is 10.3 Å². The molecule has 8 nitrogen and oxygen atoms in total. The fraction of sp³-hybridized carbons (Fsp3) is 0.192. The third-order valence-electron chi connectivity index (χ3n) is 5.46. The number of ether oxygens (including phenoxy) is 1. The van der Waals surface area contributed by atoms with Gasteiger partial charge in [0, 0.05) is 37.6 Å². The molecule has 1 amide bonds. The van der Waals surface area contributed by atoms with Gasteiger partial charge in [0.15, 0.2) is 5.49 Å². The first-order valence-electron chi connectivity index (χ1n) is 10.9. The summed E-state index contributed by atoms with van der Waals surface area (Å²) in [6.45, 7) is 2.66. The van der Waals surface area contributed by atoms with E-state index in [1.807, 2.05) is 13.0 Å². The van der Waals surface area contributed by atoms with Crippen molar-refractivity contribution in [1.29, 1.82) is 5.26 Å². The summed E-state index contributed by atoms with van der Waals surface area (Å²) in [6.07, 6.45) is 5.14. The van der Waals surface area contributed by atoms with Gasteiger partial charge in [0.05, 0.1) is 10.9 Å². The summed E-state index contributed by atoms with van der Waals surface area (Å²) in [5.74, 6) is -0.551. The zero-order chi connectivity index (χ0) is 24.9. The average Bonchev–Trinajstić information content (AvgIpc) is 2.85. The number of nitrogens with zero attached hydrogens (tertiary/aromatic N) is 5. The number of hydrogen-bond donors (Lipinski definition) is 0. The van der Waals surface area contributed by atoms with E-state index < -0.39 is 5.91 Å². The predicted molar refractivity (Wildman–Crippen MR) is 134 cm³/mol. The van der Waals surface area contributed by atoms with E-state index in [0.29, 0.717) is 35.9 Å². The highest BCUT2D eigenvalue weighted by atomic mass is 35.5. The number of fused-ring (bicyclic) bond motifs is 2. The Hall–Kier alpha value is -4.06. The highest BCUT2D eigenvalue weighted by Crippen LogP contribution is 2.14. The molecule has 3 aromatic heterocycles. The lowest BCUT2D eigenvalue weighted by Crippen LogP contribution is -2.30. The van der Waals surface area contributed by atoms with E-state index in [1.54, 1.807) is 54.3 Å². The number of aryl methyl sites for hydroxylation is 2. The Kier molecular flexibility index (Phi) is 7.20. The van der Waals surface area contributed by atoms with Gasteiger partial charge in [0.2, 0.25) is 0 Å². The van der Waals surface area contributed by atoms with Gasteiger partial charge in [-0.05, 0) is 54.8 Å². The van der Waals surface area contributed by atoms with Gasteiger partial charge in [-0.1, -0.05) is 29.8 Å². The van der Waals surface area contributed by atoms with Gasteiger partial charge in [-0.3, -0.25) is 14.0 Å². The van der Waals surface area contributed by atoms with Crippen LogP contribution in [0.15, 0.2) is 64.5 Å². The molecule has 3 heterocycles. The van der Waals surface area contributed by atoms with E-state index in [9.17, 15) is 14.9 Å². The molecule has 1 aromatic carbocycles. The predicted octanol–water partition coefficient (Wildman–Crippen LogP) is 3.66. The summed E-state index contributed by atoms with van der Waals surface area (Å²) in [4.78, 5) is 35.0. The van der Waals surface area contributed by atoms with E-state index in [2.05, 4.69) is 11.1 Å². The largest absolute Gasteiger partial charge is 0.385 e. The summed E-state index contributed by atoms with van der Waals surface area (Å²) < 4.78 is 8.28. The number of hydrogen-bond acceptors (Lipinski definition) is 5. The molecule has 0 saturated carbocycles. The average molecular weight is 488 g/mol. The minimum Gasteiger partial charge on any atom is -0.385 e. The number of carbonyl (C=O) groups excluding carboxylic acids is 1. The molecular formula is C26H22ClN5O3. The molecule has 35 heavy (non-hydrogen) atoms. The second kappa shape index (κ2) is 10.5. The van der Waals surface area contributed by atoms with Crippen LogP contribution >= 0.6 is 11.6 Å². The van der Waals surface area contributed by atoms with Crippen molar-refractivity contribution in [2.24, 2.45) is 4.99 Å². The van der Waals surface area contributed by atoms with Crippen molar-refractivity contribution in [2.45, 2.75) is 19.9 Å². The molecule has 0 saturated heterocycles. The second-order valence-corrected chi connectivity index (χ2v) is 8.30. The van der Waals surface area contributed by atoms with Crippen molar-refractivity contribution < 1.29 is 9.53 Å². The van der Waals surface area contributed by atoms with Crippen LogP contribution < -0.4 is 11.0 Å². The summed E-state index contributed by atoms with van der Waals surface area (Å²) in [7, 11) is 1.59. The molecule has 0 atom stereocenters. The third-order valence-corrected chi connectivity index (χ3v) is 5.71. The van der Waals surface area contributed by atoms with Crippen LogP contribution in [0.25, 0.3) is 22.8 Å². The third kappa shape index (κ3) is 5.06. The first kappa shape index (κ1) is 24.1. The minimum absolute atomic E-state index is 0.106. The minimum atomic E-state index is -0.551. The van der Waals surface area contributed by atoms with Gasteiger partial charge in [-0.15, -0.1) is 0 Å². The number of rotatable bonds is 6. The van der Waals surface area contributed by atoms with Crippen molar-refractivity contribution >= 4 is 40.3 Å². The molecule has 9 heteroatoms. The van der Waals surface area contributed by atoms with Crippen LogP contribution in [0.5, 0.6) is 0 Å². The number of benzene rings is 1. The lowest BCUT2D eigenvalue weighted by molar-refractivity contribution is -0.113. The molecule has 0 bridgehead atoms. The highest BCUT2D eigenvalue weighted by Gasteiger charge is 2.15. The molecule has 0 aliphatic heterocycles. The Morgan fingerprint density at radius 1 is 1.26 bits per heavy atom. The molecule has 0 spiro atoms. The van der Waals surface area contributed by atoms with Crippen LogP contribution in [0.2, 0.25) is 5.02 Å². The Labute approximate surface area is 206 Å². The first-order valence-corrected chi connectivity index (χ1v) is 11.3. The summed E-state index contributed by atoms with van der Waals surface area (Å²) in [5.41, 5.74) is 2.40. The van der Waals surface area contributed by atoms with Crippen molar-refractivity contribution in [3.8, 4) is 6.07 Å². The molecule has 0 N–H and O–H groups in total. The van der Waals surface area contributed by atoms with Crippen LogP contribution in [0.3, 0.4) is 0 Å². The van der Waals surface area contributed by atoms with E-state index in [-0.39, 0.29) is 22.0 Å². The fourth-order valence-corrected chi connectivity index (χ4v) is 3.88. The molecule has 176 valence electrons. The quantitative estimate of drug-likeness (QED) is 0.234. The second-order valence-electron chi connectivity index (χ2n) is 7.87. The van der Waals surface area contributed by atoms with Gasteiger partial charge in [-0.25, -0.2) is 4.98 Å². The maximum Gasteiger partial charge on any atom is 0.271 e. The fourth-order valence-electron chi connectivity index (χ4n) is 3.75. The molecule has 4 rings (SSSR count). The Balaban J connectivity index is 1.94. The maximum atomic E-state index is 13.3. The Morgan fingerprint density at radius 3 is 2.74 bits per heavy atom. The summed E-state index contributed by atoms with van der Waals surface area (Å²) in [5, 5.41) is 10.7. The lowest BCUT2D eigenvalue weighted by atomic mass is 10.2. The molecule has 4 aromatic rings. The normalized spacial score (nSPS) is 12.0. The number of pyridine rings is 2. The van der Waals surface area contributed by atoms with Crippen LogP contribution in [-0.2, 0) is 16.1 Å². The summed E-state index contributed by atoms with van der Waals surface area (Å²) in [6, 6.07) is 14.2. The molecular weight excluding hydrogens is 466 g/mol. The molecule has 0 aliphatic rings. The van der Waals surface area contributed by atoms with E-state index >= 15 is 0 Å². The monoisotopic (exact) mass is 487 g/mol. The van der Waals surface area contributed by atoms with Gasteiger partial charge >= 0.3 is 0 Å². The van der Waals surface area contributed by atoms with Crippen molar-refractivity contribution in [3.63, 3.8) is 0 Å². The topological polar surface area (TPSA) is 102 Å². The number of aromatic nitrogens is 3. The van der Waals surface area contributed by atoms with Gasteiger partial charge in [0.25, 0.3) is 11.5 Å². The molecule has 0 fully saturated rings. The molecule has 0 aliphatic carbocycles. The number of carbonyl (C=O) groups is 1. The number of halogens is 1. The highest BCUT2D eigenvalue weighted by molar-refractivity contribution is 6.30. The maximum absolute atomic E-state index is 13.3. The van der Waals surface area contributed by atoms with Gasteiger partial charge in [0.1, 0.15) is 17.4 Å². The number of nitriles is 1. The van der Waals surface area contributed by atoms with Crippen molar-refractivity contribution in [3.05, 3.63) is 92.3 Å². The standard InChI is InChI=1S/C26H22ClN5O3/c1-17-5-3-12-32-23(17)30-25-21(26(32)34)15-19(16-28)24(31(25)13-4-14-35-2)29-22(33)11-8-18-6-9-20(27)10-7-18/h3,5-12,15H,4,13-14H2,1-2H3/b11-8-,29-24?. The van der Waals surface area contributed by atoms with Crippen LogP contribution in [0.4, 0.5) is 0 Å². The zero-order valence-corrected chi connectivity index (χ0v) is 20.0.